The van der Waals surface area contributed by atoms with Crippen LogP contribution in [0.5, 0.6) is 0 Å². The van der Waals surface area contributed by atoms with Crippen LogP contribution >= 0.6 is 31.9 Å². The number of nitrogens with zero attached hydrogens (tertiary/aromatic N) is 3. The molecule has 1 fully saturated rings. The van der Waals surface area contributed by atoms with E-state index in [-0.39, 0.29) is 17.1 Å². The van der Waals surface area contributed by atoms with E-state index in [0.29, 0.717) is 5.75 Å². The zero-order valence-electron chi connectivity index (χ0n) is 10.7. The van der Waals surface area contributed by atoms with E-state index in [1.54, 1.807) is 4.68 Å². The summed E-state index contributed by atoms with van der Waals surface area (Å²) >= 11 is 7.13. The molecule has 1 saturated heterocycles. The molecule has 0 aromatic carbocycles. The van der Waals surface area contributed by atoms with Crippen LogP contribution < -0.4 is 0 Å². The number of aryl methyl sites for hydroxylation is 1. The Morgan fingerprint density at radius 2 is 2.16 bits per heavy atom. The molecule has 2 heterocycles. The minimum atomic E-state index is -2.87. The molecule has 0 bridgehead atoms. The standard InChI is InChI=1S/C11H17Br2N3O2S/c1-16-5-10(14-15-16)4-11(7-12,8-13)9-2-3-19(17,18)6-9/h5,9H,2-4,6-8H2,1H3. The van der Waals surface area contributed by atoms with Crippen LogP contribution in [0.25, 0.3) is 0 Å². The molecule has 0 saturated carbocycles. The Morgan fingerprint density at radius 3 is 2.58 bits per heavy atom. The molecule has 1 aliphatic rings. The number of sulfone groups is 1. The summed E-state index contributed by atoms with van der Waals surface area (Å²) < 4.78 is 25.1. The smallest absolute Gasteiger partial charge is 0.150 e. The largest absolute Gasteiger partial charge is 0.255 e. The summed E-state index contributed by atoms with van der Waals surface area (Å²) in [5.74, 6) is 0.753. The van der Waals surface area contributed by atoms with Crippen LogP contribution in [0.4, 0.5) is 0 Å². The van der Waals surface area contributed by atoms with Gasteiger partial charge in [-0.2, -0.15) is 0 Å². The van der Waals surface area contributed by atoms with Crippen molar-refractivity contribution in [3.05, 3.63) is 11.9 Å². The lowest BCUT2D eigenvalue weighted by Crippen LogP contribution is -2.37. The zero-order chi connectivity index (χ0) is 14.1. The van der Waals surface area contributed by atoms with E-state index in [0.717, 1.165) is 29.2 Å². The Labute approximate surface area is 130 Å². The molecule has 1 aromatic rings. The van der Waals surface area contributed by atoms with E-state index in [2.05, 4.69) is 42.2 Å². The van der Waals surface area contributed by atoms with E-state index >= 15 is 0 Å². The van der Waals surface area contributed by atoms with E-state index in [1.807, 2.05) is 13.2 Å². The molecule has 0 aliphatic carbocycles. The van der Waals surface area contributed by atoms with E-state index in [4.69, 9.17) is 0 Å². The van der Waals surface area contributed by atoms with Gasteiger partial charge in [-0.3, -0.25) is 4.68 Å². The maximum atomic E-state index is 11.7. The fourth-order valence-electron chi connectivity index (χ4n) is 2.61. The summed E-state index contributed by atoms with van der Waals surface area (Å²) in [4.78, 5) is 0. The van der Waals surface area contributed by atoms with Crippen LogP contribution in [0.15, 0.2) is 6.20 Å². The van der Waals surface area contributed by atoms with Gasteiger partial charge in [0.15, 0.2) is 9.84 Å². The van der Waals surface area contributed by atoms with Crippen molar-refractivity contribution in [1.29, 1.82) is 0 Å². The molecule has 0 spiro atoms. The fraction of sp³-hybridized carbons (Fsp3) is 0.818. The van der Waals surface area contributed by atoms with Gasteiger partial charge in [-0.25, -0.2) is 8.42 Å². The van der Waals surface area contributed by atoms with Gasteiger partial charge in [-0.15, -0.1) is 5.10 Å². The van der Waals surface area contributed by atoms with Gasteiger partial charge in [0.25, 0.3) is 0 Å². The highest BCUT2D eigenvalue weighted by molar-refractivity contribution is 9.09. The van der Waals surface area contributed by atoms with Crippen molar-refractivity contribution < 1.29 is 8.42 Å². The Hall–Kier alpha value is 0.0500. The molecular weight excluding hydrogens is 398 g/mol. The molecule has 5 nitrogen and oxygen atoms in total. The lowest BCUT2D eigenvalue weighted by atomic mass is 9.75. The van der Waals surface area contributed by atoms with Crippen LogP contribution in [0.1, 0.15) is 12.1 Å². The van der Waals surface area contributed by atoms with E-state index in [1.165, 1.54) is 0 Å². The summed E-state index contributed by atoms with van der Waals surface area (Å²) in [6.07, 6.45) is 3.36. The predicted octanol–water partition coefficient (Wildman–Crippen LogP) is 1.57. The average Bonchev–Trinajstić information content (AvgIpc) is 2.92. The fourth-order valence-corrected chi connectivity index (χ4v) is 6.79. The SMILES string of the molecule is Cn1cc(CC(CBr)(CBr)C2CCS(=O)(=O)C2)nn1. The van der Waals surface area contributed by atoms with Crippen molar-refractivity contribution in [2.24, 2.45) is 18.4 Å². The lowest BCUT2D eigenvalue weighted by molar-refractivity contribution is 0.251. The molecule has 1 aliphatic heterocycles. The maximum Gasteiger partial charge on any atom is 0.150 e. The monoisotopic (exact) mass is 413 g/mol. The number of aromatic nitrogens is 3. The first-order chi connectivity index (χ1) is 8.91. The number of hydrogen-bond acceptors (Lipinski definition) is 4. The second-order valence-corrected chi connectivity index (χ2v) is 8.64. The third-order valence-electron chi connectivity index (χ3n) is 3.81. The third-order valence-corrected chi connectivity index (χ3v) is 7.82. The first kappa shape index (κ1) is 15.4. The third kappa shape index (κ3) is 3.39. The molecule has 2 rings (SSSR count). The number of alkyl halides is 2. The van der Waals surface area contributed by atoms with Gasteiger partial charge in [0.2, 0.25) is 0 Å². The minimum Gasteiger partial charge on any atom is -0.255 e. The van der Waals surface area contributed by atoms with Crippen molar-refractivity contribution in [1.82, 2.24) is 15.0 Å². The van der Waals surface area contributed by atoms with Gasteiger partial charge in [0, 0.05) is 30.3 Å². The Kier molecular flexibility index (Phi) is 4.72. The molecular formula is C11H17Br2N3O2S. The number of rotatable bonds is 5. The van der Waals surface area contributed by atoms with Crippen molar-refractivity contribution >= 4 is 41.7 Å². The topological polar surface area (TPSA) is 64.8 Å². The zero-order valence-corrected chi connectivity index (χ0v) is 14.7. The molecule has 1 atom stereocenters. The van der Waals surface area contributed by atoms with Crippen LogP contribution in [0.2, 0.25) is 0 Å². The maximum absolute atomic E-state index is 11.7. The molecule has 108 valence electrons. The van der Waals surface area contributed by atoms with Gasteiger partial charge in [-0.05, 0) is 17.8 Å². The van der Waals surface area contributed by atoms with E-state index in [9.17, 15) is 8.42 Å². The minimum absolute atomic E-state index is 0.125. The molecule has 0 amide bonds. The van der Waals surface area contributed by atoms with Gasteiger partial charge in [-0.1, -0.05) is 37.1 Å². The van der Waals surface area contributed by atoms with Gasteiger partial charge in [0.1, 0.15) is 0 Å². The van der Waals surface area contributed by atoms with Gasteiger partial charge >= 0.3 is 0 Å². The number of halogens is 2. The van der Waals surface area contributed by atoms with Crippen LogP contribution in [0.3, 0.4) is 0 Å². The quantitative estimate of drug-likeness (QED) is 0.686. The molecule has 0 radical (unpaired) electrons. The van der Waals surface area contributed by atoms with Gasteiger partial charge < -0.3 is 0 Å². The Morgan fingerprint density at radius 1 is 1.47 bits per heavy atom. The first-order valence-corrected chi connectivity index (χ1v) is 10.1. The first-order valence-electron chi connectivity index (χ1n) is 6.08. The van der Waals surface area contributed by atoms with Crippen molar-refractivity contribution in [2.45, 2.75) is 12.8 Å². The highest BCUT2D eigenvalue weighted by Crippen LogP contribution is 2.41. The number of hydrogen-bond donors (Lipinski definition) is 0. The van der Waals surface area contributed by atoms with Crippen molar-refractivity contribution in [2.75, 3.05) is 22.2 Å². The lowest BCUT2D eigenvalue weighted by Gasteiger charge is -2.35. The second kappa shape index (κ2) is 5.81. The van der Waals surface area contributed by atoms with Crippen molar-refractivity contribution in [3.63, 3.8) is 0 Å². The molecule has 1 unspecified atom stereocenters. The summed E-state index contributed by atoms with van der Waals surface area (Å²) in [6.45, 7) is 0. The Bertz CT molecular complexity index is 540. The van der Waals surface area contributed by atoms with Crippen LogP contribution in [0, 0.1) is 11.3 Å². The average molecular weight is 415 g/mol. The normalized spacial score (nSPS) is 22.8. The summed E-state index contributed by atoms with van der Waals surface area (Å²) in [5.41, 5.74) is 0.783. The van der Waals surface area contributed by atoms with E-state index < -0.39 is 9.84 Å². The van der Waals surface area contributed by atoms with Crippen LogP contribution in [-0.4, -0.2) is 45.6 Å². The van der Waals surface area contributed by atoms with Crippen LogP contribution in [-0.2, 0) is 23.3 Å². The molecule has 0 N–H and O–H groups in total. The van der Waals surface area contributed by atoms with Gasteiger partial charge in [0.05, 0.1) is 17.2 Å². The second-order valence-electron chi connectivity index (χ2n) is 5.29. The molecule has 1 aromatic heterocycles. The predicted molar refractivity (Wildman–Crippen MR) is 81.5 cm³/mol. The highest BCUT2D eigenvalue weighted by Gasteiger charge is 2.43. The van der Waals surface area contributed by atoms with Crippen molar-refractivity contribution in [3.8, 4) is 0 Å². The summed E-state index contributed by atoms with van der Waals surface area (Å²) in [7, 11) is -1.03. The summed E-state index contributed by atoms with van der Waals surface area (Å²) in [5, 5.41) is 9.57. The molecule has 19 heavy (non-hydrogen) atoms. The summed E-state index contributed by atoms with van der Waals surface area (Å²) in [6, 6.07) is 0. The molecule has 8 heteroatoms. The highest BCUT2D eigenvalue weighted by atomic mass is 79.9. The Balaban J connectivity index is 2.22.